The Morgan fingerprint density at radius 2 is 2.08 bits per heavy atom. The van der Waals surface area contributed by atoms with Gasteiger partial charge in [0.05, 0.1) is 0 Å². The molecule has 1 atom stereocenters. The molecular formula is C8H15NO3. The summed E-state index contributed by atoms with van der Waals surface area (Å²) in [6, 6.07) is -0.775. The first-order valence-electron chi connectivity index (χ1n) is 3.81. The van der Waals surface area contributed by atoms with Crippen LogP contribution in [0.5, 0.6) is 0 Å². The second kappa shape index (κ2) is 4.21. The molecule has 0 rings (SSSR count). The highest BCUT2D eigenvalue weighted by Gasteiger charge is 2.22. The average Bonchev–Trinajstić information content (AvgIpc) is 1.83. The first kappa shape index (κ1) is 11.1. The quantitative estimate of drug-likeness (QED) is 0.604. The molecule has 70 valence electrons. The summed E-state index contributed by atoms with van der Waals surface area (Å²) in [5, 5.41) is 11.5. The van der Waals surface area contributed by atoms with Gasteiger partial charge in [0.25, 0.3) is 0 Å². The Hall–Kier alpha value is -0.900. The van der Waals surface area contributed by atoms with Gasteiger partial charge in [0.1, 0.15) is 12.3 Å². The van der Waals surface area contributed by atoms with E-state index >= 15 is 0 Å². The van der Waals surface area contributed by atoms with Gasteiger partial charge < -0.3 is 9.90 Å². The smallest absolute Gasteiger partial charge is 0.321 e. The average molecular weight is 173 g/mol. The van der Waals surface area contributed by atoms with Gasteiger partial charge in [-0.2, -0.15) is 0 Å². The number of aliphatic carboxylic acids is 1. The highest BCUT2D eigenvalue weighted by atomic mass is 16.4. The van der Waals surface area contributed by atoms with Crippen LogP contribution >= 0.6 is 0 Å². The molecule has 12 heavy (non-hydrogen) atoms. The van der Waals surface area contributed by atoms with E-state index < -0.39 is 12.0 Å². The van der Waals surface area contributed by atoms with Gasteiger partial charge in [-0.05, 0) is 20.8 Å². The molecule has 0 heterocycles. The Morgan fingerprint density at radius 1 is 1.58 bits per heavy atom. The normalized spacial score (nSPS) is 13.9. The molecular weight excluding hydrogens is 158 g/mol. The molecule has 4 nitrogen and oxygen atoms in total. The fraction of sp³-hybridized carbons (Fsp3) is 0.750. The summed E-state index contributed by atoms with van der Waals surface area (Å²) in [4.78, 5) is 20.6. The lowest BCUT2D eigenvalue weighted by molar-refractivity contribution is -0.141. The Kier molecular flexibility index (Phi) is 3.89. The van der Waals surface area contributed by atoms with E-state index in [0.29, 0.717) is 6.29 Å². The molecule has 0 saturated heterocycles. The maximum absolute atomic E-state index is 10.5. The van der Waals surface area contributed by atoms with Crippen LogP contribution in [0, 0.1) is 0 Å². The summed E-state index contributed by atoms with van der Waals surface area (Å²) < 4.78 is 0. The summed E-state index contributed by atoms with van der Waals surface area (Å²) >= 11 is 0. The Morgan fingerprint density at radius 3 is 2.33 bits per heavy atom. The van der Waals surface area contributed by atoms with Crippen molar-refractivity contribution in [3.05, 3.63) is 0 Å². The number of aldehydes is 1. The molecule has 0 aliphatic rings. The van der Waals surface area contributed by atoms with Crippen LogP contribution in [0.3, 0.4) is 0 Å². The summed E-state index contributed by atoms with van der Waals surface area (Å²) in [6.45, 7) is 5.56. The molecule has 0 radical (unpaired) electrons. The molecule has 4 heteroatoms. The first-order valence-corrected chi connectivity index (χ1v) is 3.81. The van der Waals surface area contributed by atoms with E-state index in [1.54, 1.807) is 0 Å². The minimum atomic E-state index is -0.989. The molecule has 1 unspecified atom stereocenters. The number of hydrogen-bond acceptors (Lipinski definition) is 3. The third-order valence-electron chi connectivity index (χ3n) is 1.24. The molecule has 0 bridgehead atoms. The van der Waals surface area contributed by atoms with Gasteiger partial charge in [0.2, 0.25) is 0 Å². The molecule has 0 saturated carbocycles. The van der Waals surface area contributed by atoms with Crippen LogP contribution in [0.15, 0.2) is 0 Å². The lowest BCUT2D eigenvalue weighted by Gasteiger charge is -2.24. The van der Waals surface area contributed by atoms with E-state index in [-0.39, 0.29) is 12.0 Å². The van der Waals surface area contributed by atoms with Gasteiger partial charge in [-0.25, -0.2) is 0 Å². The number of carbonyl (C=O) groups is 2. The standard InChI is InChI=1S/C8H15NO3/c1-8(2,3)9-6(4-5-10)7(11)12/h5-6,9H,4H2,1-3H3,(H,11,12). The summed E-state index contributed by atoms with van der Waals surface area (Å²) in [6.07, 6.45) is 0.615. The van der Waals surface area contributed by atoms with Crippen LogP contribution in [0.1, 0.15) is 27.2 Å². The largest absolute Gasteiger partial charge is 0.480 e. The zero-order valence-electron chi connectivity index (χ0n) is 7.63. The van der Waals surface area contributed by atoms with Crippen molar-refractivity contribution < 1.29 is 14.7 Å². The molecule has 0 aliphatic heterocycles. The minimum Gasteiger partial charge on any atom is -0.480 e. The van der Waals surface area contributed by atoms with Crippen LogP contribution in [-0.2, 0) is 9.59 Å². The highest BCUT2D eigenvalue weighted by Crippen LogP contribution is 2.02. The van der Waals surface area contributed by atoms with Crippen molar-refractivity contribution >= 4 is 12.3 Å². The van der Waals surface area contributed by atoms with Gasteiger partial charge in [-0.15, -0.1) is 0 Å². The van der Waals surface area contributed by atoms with Crippen LogP contribution < -0.4 is 5.32 Å². The van der Waals surface area contributed by atoms with Gasteiger partial charge in [0.15, 0.2) is 0 Å². The molecule has 0 aliphatic carbocycles. The first-order chi connectivity index (χ1) is 5.37. The Bertz CT molecular complexity index is 172. The van der Waals surface area contributed by atoms with Gasteiger partial charge in [0, 0.05) is 12.0 Å². The summed E-state index contributed by atoms with van der Waals surface area (Å²) in [5.74, 6) is -0.989. The van der Waals surface area contributed by atoms with Crippen molar-refractivity contribution in [2.24, 2.45) is 0 Å². The Labute approximate surface area is 72.0 Å². The van der Waals surface area contributed by atoms with E-state index in [9.17, 15) is 9.59 Å². The van der Waals surface area contributed by atoms with E-state index in [1.807, 2.05) is 20.8 Å². The number of nitrogens with one attached hydrogen (secondary N) is 1. The molecule has 0 spiro atoms. The molecule has 0 aromatic rings. The third-order valence-corrected chi connectivity index (χ3v) is 1.24. The van der Waals surface area contributed by atoms with Crippen LogP contribution in [0.25, 0.3) is 0 Å². The zero-order chi connectivity index (χ0) is 9.78. The van der Waals surface area contributed by atoms with Crippen molar-refractivity contribution in [3.8, 4) is 0 Å². The maximum Gasteiger partial charge on any atom is 0.321 e. The topological polar surface area (TPSA) is 66.4 Å². The fourth-order valence-corrected chi connectivity index (χ4v) is 0.840. The van der Waals surface area contributed by atoms with E-state index in [1.165, 1.54) is 0 Å². The number of rotatable bonds is 4. The van der Waals surface area contributed by atoms with E-state index in [4.69, 9.17) is 5.11 Å². The minimum absolute atomic E-state index is 0.00655. The molecule has 0 aromatic heterocycles. The predicted octanol–water partition coefficient (Wildman–Crippen LogP) is 0.417. The lowest BCUT2D eigenvalue weighted by atomic mass is 10.1. The number of carboxylic acids is 1. The molecule has 0 fully saturated rings. The summed E-state index contributed by atoms with van der Waals surface area (Å²) in [7, 11) is 0. The van der Waals surface area contributed by atoms with Crippen molar-refractivity contribution in [2.45, 2.75) is 38.8 Å². The SMILES string of the molecule is CC(C)(C)NC(CC=O)C(=O)O. The van der Waals surface area contributed by atoms with Crippen molar-refractivity contribution in [1.82, 2.24) is 5.32 Å². The second-order valence-corrected chi connectivity index (χ2v) is 3.69. The van der Waals surface area contributed by atoms with Crippen LogP contribution in [0.2, 0.25) is 0 Å². The second-order valence-electron chi connectivity index (χ2n) is 3.69. The molecule has 0 amide bonds. The Balaban J connectivity index is 4.13. The van der Waals surface area contributed by atoms with E-state index in [0.717, 1.165) is 0 Å². The van der Waals surface area contributed by atoms with Crippen LogP contribution in [-0.4, -0.2) is 28.9 Å². The zero-order valence-corrected chi connectivity index (χ0v) is 7.63. The maximum atomic E-state index is 10.5. The lowest BCUT2D eigenvalue weighted by Crippen LogP contribution is -2.47. The summed E-state index contributed by atoms with van der Waals surface area (Å²) in [5.41, 5.74) is -0.286. The van der Waals surface area contributed by atoms with Crippen molar-refractivity contribution in [2.75, 3.05) is 0 Å². The van der Waals surface area contributed by atoms with E-state index in [2.05, 4.69) is 5.32 Å². The van der Waals surface area contributed by atoms with Crippen LogP contribution in [0.4, 0.5) is 0 Å². The molecule has 2 N–H and O–H groups in total. The number of hydrogen-bond donors (Lipinski definition) is 2. The van der Waals surface area contributed by atoms with Gasteiger partial charge >= 0.3 is 5.97 Å². The highest BCUT2D eigenvalue weighted by molar-refractivity contribution is 5.77. The number of carboxylic acid groups (broad SMARTS) is 1. The van der Waals surface area contributed by atoms with Crippen molar-refractivity contribution in [1.29, 1.82) is 0 Å². The third kappa shape index (κ3) is 4.85. The monoisotopic (exact) mass is 173 g/mol. The molecule has 0 aromatic carbocycles. The number of carbonyl (C=O) groups excluding carboxylic acids is 1. The van der Waals surface area contributed by atoms with Gasteiger partial charge in [-0.3, -0.25) is 10.1 Å². The van der Waals surface area contributed by atoms with Crippen molar-refractivity contribution in [3.63, 3.8) is 0 Å². The predicted molar refractivity (Wildman–Crippen MR) is 45.0 cm³/mol. The fourth-order valence-electron chi connectivity index (χ4n) is 0.840. The van der Waals surface area contributed by atoms with Gasteiger partial charge in [-0.1, -0.05) is 0 Å².